The fourth-order valence-corrected chi connectivity index (χ4v) is 3.43. The third-order valence-corrected chi connectivity index (χ3v) is 5.36. The summed E-state index contributed by atoms with van der Waals surface area (Å²) in [6.45, 7) is -0.356. The summed E-state index contributed by atoms with van der Waals surface area (Å²) in [5, 5.41) is 1.20. The molecule has 0 amide bonds. The van der Waals surface area contributed by atoms with Crippen molar-refractivity contribution < 1.29 is 14.3 Å². The van der Waals surface area contributed by atoms with Gasteiger partial charge in [0.2, 0.25) is 0 Å². The minimum atomic E-state index is -0.575. The molecule has 0 bridgehead atoms. The van der Waals surface area contributed by atoms with Gasteiger partial charge in [-0.3, -0.25) is 4.79 Å². The first-order valence-corrected chi connectivity index (χ1v) is 10.3. The van der Waals surface area contributed by atoms with Crippen LogP contribution < -0.4 is 0 Å². The Balaban J connectivity index is 1.63. The number of hydrogen-bond acceptors (Lipinski definition) is 4. The maximum Gasteiger partial charge on any atom is 0.339 e. The van der Waals surface area contributed by atoms with Gasteiger partial charge in [0.05, 0.1) is 16.8 Å². The van der Waals surface area contributed by atoms with Crippen LogP contribution in [0.4, 0.5) is 0 Å². The van der Waals surface area contributed by atoms with Crippen molar-refractivity contribution in [3.05, 3.63) is 99.5 Å². The molecular weight excluding hydrogens is 466 g/mol. The zero-order valence-corrected chi connectivity index (χ0v) is 18.0. The van der Waals surface area contributed by atoms with Gasteiger partial charge in [-0.1, -0.05) is 57.9 Å². The maximum atomic E-state index is 12.9. The number of ketones is 1. The predicted molar refractivity (Wildman–Crippen MR) is 121 cm³/mol. The number of carbonyl (C=O) groups excluding carboxylic acids is 2. The first kappa shape index (κ1) is 20.3. The predicted octanol–water partition coefficient (Wildman–Crippen LogP) is 6.36. The summed E-state index contributed by atoms with van der Waals surface area (Å²) in [5.74, 6) is -0.874. The number of hydrogen-bond donors (Lipinski definition) is 0. The minimum Gasteiger partial charge on any atom is -0.454 e. The Kier molecular flexibility index (Phi) is 5.93. The Morgan fingerprint density at radius 1 is 0.933 bits per heavy atom. The third-order valence-electron chi connectivity index (χ3n) is 4.58. The molecule has 0 atom stereocenters. The lowest BCUT2D eigenvalue weighted by molar-refractivity contribution is 0.0476. The molecule has 30 heavy (non-hydrogen) atoms. The zero-order valence-electron chi connectivity index (χ0n) is 15.6. The van der Waals surface area contributed by atoms with E-state index in [2.05, 4.69) is 20.9 Å². The average Bonchev–Trinajstić information content (AvgIpc) is 2.77. The van der Waals surface area contributed by atoms with Crippen LogP contribution >= 0.6 is 27.5 Å². The highest BCUT2D eigenvalue weighted by atomic mass is 79.9. The Bertz CT molecular complexity index is 1240. The van der Waals surface area contributed by atoms with Gasteiger partial charge in [0.25, 0.3) is 0 Å². The zero-order chi connectivity index (χ0) is 21.1. The molecule has 4 nitrogen and oxygen atoms in total. The number of benzene rings is 3. The number of nitrogens with zero attached hydrogens (tertiary/aromatic N) is 1. The van der Waals surface area contributed by atoms with E-state index >= 15 is 0 Å². The number of para-hydroxylation sites is 1. The Morgan fingerprint density at radius 2 is 1.63 bits per heavy atom. The van der Waals surface area contributed by atoms with Crippen molar-refractivity contribution in [2.24, 2.45) is 0 Å². The van der Waals surface area contributed by atoms with E-state index in [1.807, 2.05) is 48.5 Å². The molecule has 0 radical (unpaired) electrons. The van der Waals surface area contributed by atoms with Crippen LogP contribution in [0.15, 0.2) is 83.3 Å². The number of halogens is 2. The normalized spacial score (nSPS) is 10.7. The molecule has 0 saturated heterocycles. The summed E-state index contributed by atoms with van der Waals surface area (Å²) in [7, 11) is 0. The van der Waals surface area contributed by atoms with E-state index in [0.717, 1.165) is 10.0 Å². The highest BCUT2D eigenvalue weighted by Gasteiger charge is 2.17. The standard InChI is InChI=1S/C24H15BrClNO3/c25-17-9-5-15(6-10-17)22-13-20(19-3-1-2-4-21(19)27-22)24(29)30-14-23(28)16-7-11-18(26)12-8-16/h1-13H,14H2. The first-order valence-electron chi connectivity index (χ1n) is 9.13. The van der Waals surface area contributed by atoms with E-state index in [1.165, 1.54) is 0 Å². The summed E-state index contributed by atoms with van der Waals surface area (Å²) in [5.41, 5.74) is 2.99. The average molecular weight is 481 g/mol. The number of fused-ring (bicyclic) bond motifs is 1. The van der Waals surface area contributed by atoms with Gasteiger partial charge in [0.15, 0.2) is 12.4 Å². The Morgan fingerprint density at radius 3 is 2.37 bits per heavy atom. The minimum absolute atomic E-state index is 0.300. The highest BCUT2D eigenvalue weighted by molar-refractivity contribution is 9.10. The number of esters is 1. The van der Waals surface area contributed by atoms with Gasteiger partial charge in [-0.25, -0.2) is 9.78 Å². The van der Waals surface area contributed by atoms with Crippen LogP contribution in [0.1, 0.15) is 20.7 Å². The molecule has 0 saturated carbocycles. The van der Waals surface area contributed by atoms with Gasteiger partial charge in [-0.2, -0.15) is 0 Å². The van der Waals surface area contributed by atoms with Crippen molar-refractivity contribution in [2.45, 2.75) is 0 Å². The number of rotatable bonds is 5. The third kappa shape index (κ3) is 4.42. The molecular formula is C24H15BrClNO3. The number of pyridine rings is 1. The summed E-state index contributed by atoms with van der Waals surface area (Å²) in [6, 6.07) is 23.1. The van der Waals surface area contributed by atoms with E-state index in [0.29, 0.717) is 32.7 Å². The van der Waals surface area contributed by atoms with E-state index in [9.17, 15) is 9.59 Å². The van der Waals surface area contributed by atoms with Gasteiger partial charge >= 0.3 is 5.97 Å². The van der Waals surface area contributed by atoms with Crippen LogP contribution in [0.5, 0.6) is 0 Å². The molecule has 1 heterocycles. The second-order valence-electron chi connectivity index (χ2n) is 6.59. The van der Waals surface area contributed by atoms with Crippen molar-refractivity contribution in [1.82, 2.24) is 4.98 Å². The summed E-state index contributed by atoms with van der Waals surface area (Å²) >= 11 is 9.27. The Labute approximate surface area is 186 Å². The summed E-state index contributed by atoms with van der Waals surface area (Å²) < 4.78 is 6.29. The summed E-state index contributed by atoms with van der Waals surface area (Å²) in [6.07, 6.45) is 0. The van der Waals surface area contributed by atoms with E-state index in [4.69, 9.17) is 16.3 Å². The van der Waals surface area contributed by atoms with Gasteiger partial charge in [0.1, 0.15) is 0 Å². The highest BCUT2D eigenvalue weighted by Crippen LogP contribution is 2.26. The van der Waals surface area contributed by atoms with Gasteiger partial charge in [-0.15, -0.1) is 0 Å². The molecule has 6 heteroatoms. The Hall–Kier alpha value is -3.02. The molecule has 4 rings (SSSR count). The molecule has 0 unspecified atom stereocenters. The molecule has 3 aromatic carbocycles. The van der Waals surface area contributed by atoms with E-state index in [-0.39, 0.29) is 12.4 Å². The lowest BCUT2D eigenvalue weighted by Crippen LogP contribution is -2.15. The van der Waals surface area contributed by atoms with Gasteiger partial charge in [-0.05, 0) is 48.5 Å². The van der Waals surface area contributed by atoms with Crippen molar-refractivity contribution >= 4 is 50.2 Å². The van der Waals surface area contributed by atoms with Crippen LogP contribution in [-0.4, -0.2) is 23.3 Å². The van der Waals surface area contributed by atoms with Crippen molar-refractivity contribution in [3.63, 3.8) is 0 Å². The van der Waals surface area contributed by atoms with Crippen LogP contribution in [0.3, 0.4) is 0 Å². The van der Waals surface area contributed by atoms with Crippen molar-refractivity contribution in [1.29, 1.82) is 0 Å². The fraction of sp³-hybridized carbons (Fsp3) is 0.0417. The molecule has 1 aromatic heterocycles. The van der Waals surface area contributed by atoms with E-state index < -0.39 is 5.97 Å². The number of aromatic nitrogens is 1. The first-order chi connectivity index (χ1) is 14.5. The van der Waals surface area contributed by atoms with Crippen molar-refractivity contribution in [3.8, 4) is 11.3 Å². The lowest BCUT2D eigenvalue weighted by atomic mass is 10.0. The molecule has 0 spiro atoms. The smallest absolute Gasteiger partial charge is 0.339 e. The number of Topliss-reactive ketones (excluding diaryl/α,β-unsaturated/α-hetero) is 1. The second-order valence-corrected chi connectivity index (χ2v) is 7.94. The molecule has 0 aliphatic heterocycles. The SMILES string of the molecule is O=C(COC(=O)c1cc(-c2ccc(Br)cc2)nc2ccccc12)c1ccc(Cl)cc1. The fourth-order valence-electron chi connectivity index (χ4n) is 3.04. The quantitative estimate of drug-likeness (QED) is 0.246. The topological polar surface area (TPSA) is 56.3 Å². The maximum absolute atomic E-state index is 12.9. The van der Waals surface area contributed by atoms with Crippen LogP contribution in [0.25, 0.3) is 22.2 Å². The van der Waals surface area contributed by atoms with Crippen LogP contribution in [-0.2, 0) is 4.74 Å². The lowest BCUT2D eigenvalue weighted by Gasteiger charge is -2.10. The van der Waals surface area contributed by atoms with Crippen LogP contribution in [0, 0.1) is 0 Å². The molecule has 0 aliphatic rings. The van der Waals surface area contributed by atoms with Gasteiger partial charge < -0.3 is 4.74 Å². The molecule has 0 aliphatic carbocycles. The van der Waals surface area contributed by atoms with Gasteiger partial charge in [0, 0.05) is 26.0 Å². The number of ether oxygens (including phenoxy) is 1. The molecule has 4 aromatic rings. The monoisotopic (exact) mass is 479 g/mol. The molecule has 148 valence electrons. The number of carbonyl (C=O) groups is 2. The largest absolute Gasteiger partial charge is 0.454 e. The molecule has 0 fully saturated rings. The van der Waals surface area contributed by atoms with Crippen molar-refractivity contribution in [2.75, 3.05) is 6.61 Å². The second kappa shape index (κ2) is 8.78. The molecule has 0 N–H and O–H groups in total. The van der Waals surface area contributed by atoms with E-state index in [1.54, 1.807) is 30.3 Å². The summed E-state index contributed by atoms with van der Waals surface area (Å²) in [4.78, 5) is 29.9. The van der Waals surface area contributed by atoms with Crippen LogP contribution in [0.2, 0.25) is 5.02 Å².